The van der Waals surface area contributed by atoms with Crippen molar-refractivity contribution in [3.63, 3.8) is 0 Å². The summed E-state index contributed by atoms with van der Waals surface area (Å²) in [6.45, 7) is 0. The Morgan fingerprint density at radius 3 is 2.75 bits per heavy atom. The Kier molecular flexibility index (Phi) is 5.24. The summed E-state index contributed by atoms with van der Waals surface area (Å²) in [7, 11) is 1.62. The SMILES string of the molecule is COc1ccc(CCCC(F)C(=O)c2nccs2)cc1. The van der Waals surface area contributed by atoms with Crippen LogP contribution in [0.4, 0.5) is 4.39 Å². The number of aryl methyl sites for hydroxylation is 1. The first-order chi connectivity index (χ1) is 9.70. The number of aromatic nitrogens is 1. The molecule has 5 heteroatoms. The zero-order valence-electron chi connectivity index (χ0n) is 11.2. The van der Waals surface area contributed by atoms with Gasteiger partial charge in [0.25, 0.3) is 0 Å². The second-order valence-corrected chi connectivity index (χ2v) is 5.30. The molecule has 3 nitrogen and oxygen atoms in total. The first-order valence-electron chi connectivity index (χ1n) is 6.41. The van der Waals surface area contributed by atoms with Crippen molar-refractivity contribution in [3.05, 3.63) is 46.4 Å². The molecular weight excluding hydrogens is 277 g/mol. The molecule has 0 aliphatic heterocycles. The number of benzene rings is 1. The fraction of sp³-hybridized carbons (Fsp3) is 0.333. The predicted octanol–water partition coefficient (Wildman–Crippen LogP) is 3.70. The average molecular weight is 293 g/mol. The van der Waals surface area contributed by atoms with Crippen LogP contribution in [0.25, 0.3) is 0 Å². The number of carbonyl (C=O) groups excluding carboxylic acids is 1. The van der Waals surface area contributed by atoms with Crippen LogP contribution in [0.5, 0.6) is 5.75 Å². The fourth-order valence-corrected chi connectivity index (χ4v) is 2.50. The Hall–Kier alpha value is -1.75. The van der Waals surface area contributed by atoms with Crippen LogP contribution in [0, 0.1) is 0 Å². The fourth-order valence-electron chi connectivity index (χ4n) is 1.89. The largest absolute Gasteiger partial charge is 0.497 e. The number of hydrogen-bond donors (Lipinski definition) is 0. The van der Waals surface area contributed by atoms with Crippen LogP contribution in [-0.4, -0.2) is 24.0 Å². The van der Waals surface area contributed by atoms with Crippen molar-refractivity contribution in [1.82, 2.24) is 4.98 Å². The van der Waals surface area contributed by atoms with Gasteiger partial charge in [-0.2, -0.15) is 0 Å². The van der Waals surface area contributed by atoms with Gasteiger partial charge in [0.2, 0.25) is 5.78 Å². The lowest BCUT2D eigenvalue weighted by molar-refractivity contribution is 0.0867. The summed E-state index contributed by atoms with van der Waals surface area (Å²) in [4.78, 5) is 15.5. The van der Waals surface area contributed by atoms with Crippen molar-refractivity contribution in [2.45, 2.75) is 25.4 Å². The Morgan fingerprint density at radius 1 is 1.40 bits per heavy atom. The van der Waals surface area contributed by atoms with Crippen LogP contribution in [0.2, 0.25) is 0 Å². The minimum absolute atomic E-state index is 0.227. The van der Waals surface area contributed by atoms with Gasteiger partial charge in [0.05, 0.1) is 7.11 Å². The highest BCUT2D eigenvalue weighted by molar-refractivity contribution is 7.11. The average Bonchev–Trinajstić information content (AvgIpc) is 3.01. The monoisotopic (exact) mass is 293 g/mol. The molecule has 0 bridgehead atoms. The van der Waals surface area contributed by atoms with Crippen LogP contribution >= 0.6 is 11.3 Å². The summed E-state index contributed by atoms with van der Waals surface area (Å²) < 4.78 is 18.9. The molecule has 1 aromatic carbocycles. The Morgan fingerprint density at radius 2 is 2.15 bits per heavy atom. The number of hydrogen-bond acceptors (Lipinski definition) is 4. The second kappa shape index (κ2) is 7.14. The quantitative estimate of drug-likeness (QED) is 0.731. The number of thiazole rings is 1. The van der Waals surface area contributed by atoms with Crippen molar-refractivity contribution in [2.75, 3.05) is 7.11 Å². The van der Waals surface area contributed by atoms with E-state index in [1.165, 1.54) is 17.5 Å². The van der Waals surface area contributed by atoms with E-state index in [-0.39, 0.29) is 11.4 Å². The number of ether oxygens (including phenoxy) is 1. The Bertz CT molecular complexity index is 540. The smallest absolute Gasteiger partial charge is 0.225 e. The number of halogens is 1. The number of ketones is 1. The van der Waals surface area contributed by atoms with Crippen molar-refractivity contribution in [2.24, 2.45) is 0 Å². The van der Waals surface area contributed by atoms with Gasteiger partial charge in [-0.25, -0.2) is 9.37 Å². The molecule has 0 fully saturated rings. The summed E-state index contributed by atoms with van der Waals surface area (Å²) in [5, 5.41) is 1.93. The molecule has 0 aliphatic carbocycles. The standard InChI is InChI=1S/C15H16FNO2S/c1-19-12-7-5-11(6-8-12)3-2-4-13(16)14(18)15-17-9-10-20-15/h5-10,13H,2-4H2,1H3. The number of methoxy groups -OCH3 is 1. The van der Waals surface area contributed by atoms with Crippen molar-refractivity contribution in [1.29, 1.82) is 0 Å². The minimum Gasteiger partial charge on any atom is -0.497 e. The van der Waals surface area contributed by atoms with E-state index in [4.69, 9.17) is 4.74 Å². The van der Waals surface area contributed by atoms with E-state index in [1.54, 1.807) is 12.5 Å². The Balaban J connectivity index is 1.78. The van der Waals surface area contributed by atoms with Crippen LogP contribution in [0.1, 0.15) is 28.2 Å². The molecule has 0 aliphatic rings. The predicted molar refractivity (Wildman–Crippen MR) is 77.3 cm³/mol. The molecule has 1 aromatic heterocycles. The lowest BCUT2D eigenvalue weighted by atomic mass is 10.0. The van der Waals surface area contributed by atoms with Gasteiger partial charge in [-0.1, -0.05) is 12.1 Å². The highest BCUT2D eigenvalue weighted by Crippen LogP contribution is 2.16. The third kappa shape index (κ3) is 3.87. The van der Waals surface area contributed by atoms with Crippen LogP contribution in [0.15, 0.2) is 35.8 Å². The molecule has 1 heterocycles. The lowest BCUT2D eigenvalue weighted by Crippen LogP contribution is -2.15. The molecule has 0 saturated heterocycles. The zero-order valence-corrected chi connectivity index (χ0v) is 12.0. The molecule has 1 unspecified atom stereocenters. The first-order valence-corrected chi connectivity index (χ1v) is 7.29. The molecule has 0 radical (unpaired) electrons. The minimum atomic E-state index is -1.46. The van der Waals surface area contributed by atoms with E-state index in [1.807, 2.05) is 24.3 Å². The maximum atomic E-state index is 13.8. The number of Topliss-reactive ketones (excluding diaryl/α,β-unsaturated/α-hetero) is 1. The van der Waals surface area contributed by atoms with E-state index in [0.717, 1.165) is 17.7 Å². The Labute approximate surface area is 121 Å². The molecule has 20 heavy (non-hydrogen) atoms. The van der Waals surface area contributed by atoms with Gasteiger partial charge in [0.15, 0.2) is 11.2 Å². The van der Waals surface area contributed by atoms with Crippen molar-refractivity contribution < 1.29 is 13.9 Å². The summed E-state index contributed by atoms with van der Waals surface area (Å²) in [6.07, 6.45) is 1.66. The molecule has 0 spiro atoms. The van der Waals surface area contributed by atoms with E-state index in [2.05, 4.69) is 4.98 Å². The lowest BCUT2D eigenvalue weighted by Gasteiger charge is -2.06. The van der Waals surface area contributed by atoms with Gasteiger partial charge in [-0.05, 0) is 37.0 Å². The third-order valence-corrected chi connectivity index (χ3v) is 3.80. The van der Waals surface area contributed by atoms with Gasteiger partial charge in [0, 0.05) is 11.6 Å². The van der Waals surface area contributed by atoms with Gasteiger partial charge in [-0.3, -0.25) is 4.79 Å². The van der Waals surface area contributed by atoms with E-state index >= 15 is 0 Å². The van der Waals surface area contributed by atoms with Gasteiger partial charge in [-0.15, -0.1) is 11.3 Å². The van der Waals surface area contributed by atoms with Gasteiger partial charge in [0.1, 0.15) is 5.75 Å². The summed E-state index contributed by atoms with van der Waals surface area (Å²) >= 11 is 1.18. The number of alkyl halides is 1. The summed E-state index contributed by atoms with van der Waals surface area (Å²) in [6, 6.07) is 7.66. The molecule has 0 saturated carbocycles. The van der Waals surface area contributed by atoms with Gasteiger partial charge < -0.3 is 4.74 Å². The molecule has 1 atom stereocenters. The number of nitrogens with zero attached hydrogens (tertiary/aromatic N) is 1. The summed E-state index contributed by atoms with van der Waals surface area (Å²) in [5.41, 5.74) is 1.11. The maximum absolute atomic E-state index is 13.8. The van der Waals surface area contributed by atoms with E-state index in [9.17, 15) is 9.18 Å². The first kappa shape index (κ1) is 14.7. The van der Waals surface area contributed by atoms with Crippen molar-refractivity contribution >= 4 is 17.1 Å². The van der Waals surface area contributed by atoms with Gasteiger partial charge >= 0.3 is 0 Å². The topological polar surface area (TPSA) is 39.2 Å². The van der Waals surface area contributed by atoms with Crippen molar-refractivity contribution in [3.8, 4) is 5.75 Å². The van der Waals surface area contributed by atoms with Crippen LogP contribution in [0.3, 0.4) is 0 Å². The number of carbonyl (C=O) groups is 1. The molecule has 2 aromatic rings. The highest BCUT2D eigenvalue weighted by atomic mass is 32.1. The third-order valence-electron chi connectivity index (χ3n) is 3.01. The molecule has 106 valence electrons. The molecular formula is C15H16FNO2S. The summed E-state index contributed by atoms with van der Waals surface area (Å²) in [5.74, 6) is 0.297. The normalized spacial score (nSPS) is 12.1. The van der Waals surface area contributed by atoms with E-state index < -0.39 is 12.0 Å². The van der Waals surface area contributed by atoms with Crippen LogP contribution < -0.4 is 4.74 Å². The molecule has 0 N–H and O–H groups in total. The molecule has 2 rings (SSSR count). The van der Waals surface area contributed by atoms with Crippen LogP contribution in [-0.2, 0) is 6.42 Å². The second-order valence-electron chi connectivity index (χ2n) is 4.41. The maximum Gasteiger partial charge on any atom is 0.225 e. The number of rotatable bonds is 7. The highest BCUT2D eigenvalue weighted by Gasteiger charge is 2.20. The zero-order chi connectivity index (χ0) is 14.4. The van der Waals surface area contributed by atoms with E-state index in [0.29, 0.717) is 6.42 Å². The molecule has 0 amide bonds.